The summed E-state index contributed by atoms with van der Waals surface area (Å²) < 4.78 is 52.0. The SMILES string of the molecule is CCCC(CCC)(CC(F)(F)F)OP(=O)([O-])[O-]. The molecule has 4 nitrogen and oxygen atoms in total. The second-order valence-corrected chi connectivity index (χ2v) is 5.09. The van der Waals surface area contributed by atoms with Gasteiger partial charge in [0, 0.05) is 0 Å². The third kappa shape index (κ3) is 7.76. The molecule has 0 rings (SSSR count). The van der Waals surface area contributed by atoms with Crippen molar-refractivity contribution < 1.29 is 32.0 Å². The van der Waals surface area contributed by atoms with Gasteiger partial charge in [-0.15, -0.1) is 0 Å². The van der Waals surface area contributed by atoms with Crippen LogP contribution in [-0.2, 0) is 9.09 Å². The lowest BCUT2D eigenvalue weighted by Crippen LogP contribution is -2.39. The van der Waals surface area contributed by atoms with E-state index in [-0.39, 0.29) is 12.8 Å². The molecule has 0 aliphatic carbocycles. The topological polar surface area (TPSA) is 72.4 Å². The largest absolute Gasteiger partial charge is 0.790 e. The van der Waals surface area contributed by atoms with Crippen molar-refractivity contribution in [2.75, 3.05) is 0 Å². The van der Waals surface area contributed by atoms with E-state index in [0.717, 1.165) is 0 Å². The first kappa shape index (κ1) is 16.9. The molecule has 17 heavy (non-hydrogen) atoms. The quantitative estimate of drug-likeness (QED) is 0.668. The highest BCUT2D eigenvalue weighted by molar-refractivity contribution is 7.43. The second-order valence-electron chi connectivity index (χ2n) is 4.01. The van der Waals surface area contributed by atoms with E-state index >= 15 is 0 Å². The Kier molecular flexibility index (Phi) is 6.14. The Morgan fingerprint density at radius 1 is 1.12 bits per heavy atom. The van der Waals surface area contributed by atoms with Gasteiger partial charge in [0.2, 0.25) is 0 Å². The van der Waals surface area contributed by atoms with Gasteiger partial charge in [-0.05, 0) is 12.8 Å². The van der Waals surface area contributed by atoms with Crippen molar-refractivity contribution in [3.63, 3.8) is 0 Å². The van der Waals surface area contributed by atoms with Crippen LogP contribution in [0.3, 0.4) is 0 Å². The highest BCUT2D eigenvalue weighted by Gasteiger charge is 2.42. The molecule has 0 amide bonds. The molecule has 0 atom stereocenters. The third-order valence-electron chi connectivity index (χ3n) is 2.24. The summed E-state index contributed by atoms with van der Waals surface area (Å²) >= 11 is 0. The van der Waals surface area contributed by atoms with Gasteiger partial charge in [0.1, 0.15) is 0 Å². The van der Waals surface area contributed by atoms with Gasteiger partial charge >= 0.3 is 6.18 Å². The minimum Gasteiger partial charge on any atom is -0.790 e. The van der Waals surface area contributed by atoms with Gasteiger partial charge in [-0.1, -0.05) is 26.7 Å². The Balaban J connectivity index is 5.04. The summed E-state index contributed by atoms with van der Waals surface area (Å²) in [5.41, 5.74) is -1.94. The average Bonchev–Trinajstić information content (AvgIpc) is 1.96. The Hall–Kier alpha value is -0.100. The molecule has 0 saturated heterocycles. The van der Waals surface area contributed by atoms with Crippen LogP contribution in [0.1, 0.15) is 46.0 Å². The maximum absolute atomic E-state index is 12.4. The molecule has 0 bridgehead atoms. The van der Waals surface area contributed by atoms with Crippen LogP contribution >= 0.6 is 7.82 Å². The number of rotatable bonds is 7. The van der Waals surface area contributed by atoms with Crippen molar-refractivity contribution in [2.24, 2.45) is 0 Å². The Bertz CT molecular complexity index is 268. The van der Waals surface area contributed by atoms with E-state index < -0.39 is 26.0 Å². The number of phosphoric acid groups is 1. The third-order valence-corrected chi connectivity index (χ3v) is 2.85. The fraction of sp³-hybridized carbons (Fsp3) is 1.00. The Labute approximate surface area is 98.4 Å². The van der Waals surface area contributed by atoms with Crippen LogP contribution in [0, 0.1) is 0 Å². The van der Waals surface area contributed by atoms with Gasteiger partial charge in [-0.3, -0.25) is 0 Å². The van der Waals surface area contributed by atoms with Crippen molar-refractivity contribution in [1.29, 1.82) is 0 Å². The first-order chi connectivity index (χ1) is 7.54. The van der Waals surface area contributed by atoms with Crippen molar-refractivity contribution in [3.8, 4) is 0 Å². The summed E-state index contributed by atoms with van der Waals surface area (Å²) in [4.78, 5) is 21.1. The number of alkyl halides is 3. The van der Waals surface area contributed by atoms with Crippen molar-refractivity contribution in [1.82, 2.24) is 0 Å². The predicted octanol–water partition coefficient (Wildman–Crippen LogP) is 2.12. The molecule has 0 spiro atoms. The highest BCUT2D eigenvalue weighted by Crippen LogP contribution is 2.44. The summed E-state index contributed by atoms with van der Waals surface area (Å²) in [6.07, 6.45) is -5.62. The van der Waals surface area contributed by atoms with E-state index in [1.54, 1.807) is 13.8 Å². The van der Waals surface area contributed by atoms with Gasteiger partial charge in [-0.25, -0.2) is 0 Å². The normalized spacial score (nSPS) is 14.1. The molecule has 0 aliphatic rings. The van der Waals surface area contributed by atoms with Crippen LogP contribution in [0.25, 0.3) is 0 Å². The molecule has 104 valence electrons. The van der Waals surface area contributed by atoms with Gasteiger partial charge in [0.05, 0.1) is 19.8 Å². The number of hydrogen-bond donors (Lipinski definition) is 0. The lowest BCUT2D eigenvalue weighted by molar-refractivity contribution is -0.352. The zero-order chi connectivity index (χ0) is 13.7. The van der Waals surface area contributed by atoms with Crippen molar-refractivity contribution in [3.05, 3.63) is 0 Å². The molecule has 0 aromatic heterocycles. The van der Waals surface area contributed by atoms with E-state index in [0.29, 0.717) is 12.8 Å². The minimum atomic E-state index is -5.43. The van der Waals surface area contributed by atoms with E-state index in [1.807, 2.05) is 0 Å². The molecule has 0 fully saturated rings. The van der Waals surface area contributed by atoms with Crippen molar-refractivity contribution in [2.45, 2.75) is 57.7 Å². The second kappa shape index (κ2) is 6.18. The van der Waals surface area contributed by atoms with Crippen LogP contribution in [-0.4, -0.2) is 11.8 Å². The van der Waals surface area contributed by atoms with E-state index in [1.165, 1.54) is 0 Å². The summed E-state index contributed by atoms with van der Waals surface area (Å²) in [6.45, 7) is 3.20. The van der Waals surface area contributed by atoms with Crippen LogP contribution in [0.5, 0.6) is 0 Å². The number of hydrogen-bond acceptors (Lipinski definition) is 4. The van der Waals surface area contributed by atoms with E-state index in [9.17, 15) is 27.5 Å². The molecular formula is C9H16F3O4P-2. The van der Waals surface area contributed by atoms with Gasteiger partial charge in [-0.2, -0.15) is 13.2 Å². The lowest BCUT2D eigenvalue weighted by atomic mass is 9.89. The molecule has 0 aromatic carbocycles. The summed E-state index contributed by atoms with van der Waals surface area (Å²) in [5.74, 6) is 0. The summed E-state index contributed by atoms with van der Waals surface area (Å²) in [5, 5.41) is 0. The van der Waals surface area contributed by atoms with Crippen LogP contribution in [0.2, 0.25) is 0 Å². The first-order valence-electron chi connectivity index (χ1n) is 5.33. The van der Waals surface area contributed by atoms with Crippen LogP contribution < -0.4 is 9.79 Å². The van der Waals surface area contributed by atoms with Crippen LogP contribution in [0.4, 0.5) is 13.2 Å². The smallest absolute Gasteiger partial charge is 0.391 e. The molecule has 0 radical (unpaired) electrons. The van der Waals surface area contributed by atoms with Gasteiger partial charge in [0.25, 0.3) is 0 Å². The van der Waals surface area contributed by atoms with E-state index in [4.69, 9.17) is 0 Å². The maximum Gasteiger partial charge on any atom is 0.391 e. The minimum absolute atomic E-state index is 0.116. The lowest BCUT2D eigenvalue weighted by Gasteiger charge is -2.42. The van der Waals surface area contributed by atoms with Gasteiger partial charge < -0.3 is 18.9 Å². The Morgan fingerprint density at radius 2 is 1.53 bits per heavy atom. The maximum atomic E-state index is 12.4. The molecule has 0 aliphatic heterocycles. The average molecular weight is 276 g/mol. The monoisotopic (exact) mass is 276 g/mol. The van der Waals surface area contributed by atoms with Crippen molar-refractivity contribution >= 4 is 7.82 Å². The standard InChI is InChI=1S/C9H18F3O4P/c1-3-5-8(6-4-2,7-9(10,11)12)16-17(13,14)15/h3-7H2,1-2H3,(H2,13,14,15)/p-2. The summed E-state index contributed by atoms with van der Waals surface area (Å²) in [6, 6.07) is 0. The van der Waals surface area contributed by atoms with Gasteiger partial charge in [0.15, 0.2) is 0 Å². The predicted molar refractivity (Wildman–Crippen MR) is 51.9 cm³/mol. The highest BCUT2D eigenvalue weighted by atomic mass is 31.2. The van der Waals surface area contributed by atoms with Crippen LogP contribution in [0.15, 0.2) is 0 Å². The zero-order valence-electron chi connectivity index (χ0n) is 9.75. The fourth-order valence-electron chi connectivity index (χ4n) is 1.94. The summed E-state index contributed by atoms with van der Waals surface area (Å²) in [7, 11) is -5.43. The fourth-order valence-corrected chi connectivity index (χ4v) is 2.66. The molecule has 8 heteroatoms. The first-order valence-corrected chi connectivity index (χ1v) is 6.79. The number of halogens is 3. The molecule has 0 unspecified atom stereocenters. The molecule has 0 saturated carbocycles. The zero-order valence-corrected chi connectivity index (χ0v) is 10.6. The molecule has 0 aromatic rings. The number of phosphoric ester groups is 1. The molecule has 0 heterocycles. The van der Waals surface area contributed by atoms with E-state index in [2.05, 4.69) is 4.52 Å². The Morgan fingerprint density at radius 3 is 1.76 bits per heavy atom. The molecule has 0 N–H and O–H groups in total. The molecular weight excluding hydrogens is 260 g/mol.